The number of nitrogens with one attached hydrogen (secondary N) is 1. The van der Waals surface area contributed by atoms with E-state index >= 15 is 0 Å². The molecule has 1 heterocycles. The van der Waals surface area contributed by atoms with Gasteiger partial charge in [-0.05, 0) is 6.42 Å². The molecule has 1 aliphatic rings. The van der Waals surface area contributed by atoms with Gasteiger partial charge in [0.05, 0.1) is 5.25 Å². The first-order valence-corrected chi connectivity index (χ1v) is 8.23. The molecular weight excluding hydrogens is 321 g/mol. The predicted octanol–water partition coefficient (Wildman–Crippen LogP) is 1.26. The van der Waals surface area contributed by atoms with Crippen LogP contribution in [0.25, 0.3) is 0 Å². The van der Waals surface area contributed by atoms with Gasteiger partial charge in [0.25, 0.3) is 5.91 Å². The Balaban J connectivity index is 2.20. The summed E-state index contributed by atoms with van der Waals surface area (Å²) in [5.41, 5.74) is -0.872. The fraction of sp³-hybridized carbons (Fsp3) is 0.462. The van der Waals surface area contributed by atoms with E-state index in [1.54, 1.807) is 6.92 Å². The standard InChI is InChI=1S/C13H15F3N2O3S/c1-2-17-22(20,21)9-3-4-18(7-9)13(19)12-10(15)5-8(14)6-11(12)16/h5-6,9,17H,2-4,7H2,1H3/t9-/m1/s1. The third-order valence-electron chi connectivity index (χ3n) is 3.44. The van der Waals surface area contributed by atoms with Crippen molar-refractivity contribution in [2.24, 2.45) is 0 Å². The van der Waals surface area contributed by atoms with Crippen LogP contribution < -0.4 is 4.72 Å². The number of rotatable bonds is 4. The highest BCUT2D eigenvalue weighted by molar-refractivity contribution is 7.90. The zero-order valence-corrected chi connectivity index (χ0v) is 12.6. The van der Waals surface area contributed by atoms with Gasteiger partial charge in [0.2, 0.25) is 10.0 Å². The topological polar surface area (TPSA) is 66.5 Å². The Bertz CT molecular complexity index is 671. The van der Waals surface area contributed by atoms with Crippen LogP contribution >= 0.6 is 0 Å². The largest absolute Gasteiger partial charge is 0.337 e. The average Bonchev–Trinajstić information content (AvgIpc) is 2.87. The Hall–Kier alpha value is -1.61. The zero-order chi connectivity index (χ0) is 16.5. The monoisotopic (exact) mass is 336 g/mol. The molecule has 2 rings (SSSR count). The highest BCUT2D eigenvalue weighted by atomic mass is 32.2. The number of benzene rings is 1. The molecule has 22 heavy (non-hydrogen) atoms. The Kier molecular flexibility index (Phi) is 4.76. The molecule has 0 aromatic heterocycles. The molecule has 1 atom stereocenters. The van der Waals surface area contributed by atoms with Crippen LogP contribution in [0.2, 0.25) is 0 Å². The van der Waals surface area contributed by atoms with Crippen LogP contribution in [0.15, 0.2) is 12.1 Å². The SMILES string of the molecule is CCNS(=O)(=O)[C@@H]1CCN(C(=O)c2c(F)cc(F)cc2F)C1. The minimum atomic E-state index is -3.58. The summed E-state index contributed by atoms with van der Waals surface area (Å²) in [5, 5.41) is -0.831. The number of amides is 1. The zero-order valence-electron chi connectivity index (χ0n) is 11.8. The van der Waals surface area contributed by atoms with Crippen molar-refractivity contribution in [1.29, 1.82) is 0 Å². The Morgan fingerprint density at radius 3 is 2.45 bits per heavy atom. The van der Waals surface area contributed by atoms with Crippen LogP contribution in [0, 0.1) is 17.5 Å². The molecule has 1 saturated heterocycles. The third kappa shape index (κ3) is 3.25. The van der Waals surface area contributed by atoms with E-state index in [1.807, 2.05) is 0 Å². The summed E-state index contributed by atoms with van der Waals surface area (Å²) in [5.74, 6) is -4.72. The van der Waals surface area contributed by atoms with Gasteiger partial charge >= 0.3 is 0 Å². The second-order valence-corrected chi connectivity index (χ2v) is 6.99. The minimum absolute atomic E-state index is 0.0599. The van der Waals surface area contributed by atoms with E-state index in [-0.39, 0.29) is 26.1 Å². The van der Waals surface area contributed by atoms with E-state index in [4.69, 9.17) is 0 Å². The molecule has 0 bridgehead atoms. The van der Waals surface area contributed by atoms with E-state index in [2.05, 4.69) is 4.72 Å². The summed E-state index contributed by atoms with van der Waals surface area (Å²) in [7, 11) is -3.58. The maximum atomic E-state index is 13.6. The van der Waals surface area contributed by atoms with Crippen LogP contribution in [0.3, 0.4) is 0 Å². The number of halogens is 3. The third-order valence-corrected chi connectivity index (χ3v) is 5.39. The van der Waals surface area contributed by atoms with Crippen LogP contribution in [0.4, 0.5) is 13.2 Å². The molecule has 0 spiro atoms. The lowest BCUT2D eigenvalue weighted by atomic mass is 10.1. The molecular formula is C13H15F3N2O3S. The molecule has 1 aromatic rings. The van der Waals surface area contributed by atoms with Crippen LogP contribution in [0.1, 0.15) is 23.7 Å². The summed E-state index contributed by atoms with van der Waals surface area (Å²) >= 11 is 0. The van der Waals surface area contributed by atoms with Crippen molar-refractivity contribution in [3.05, 3.63) is 35.1 Å². The van der Waals surface area contributed by atoms with E-state index in [9.17, 15) is 26.4 Å². The fourth-order valence-electron chi connectivity index (χ4n) is 2.39. The molecule has 0 unspecified atom stereocenters. The average molecular weight is 336 g/mol. The summed E-state index contributed by atoms with van der Waals surface area (Å²) in [6, 6.07) is 0.832. The first-order chi connectivity index (χ1) is 10.3. The molecule has 0 aliphatic carbocycles. The van der Waals surface area contributed by atoms with Crippen molar-refractivity contribution in [2.45, 2.75) is 18.6 Å². The molecule has 1 fully saturated rings. The van der Waals surface area contributed by atoms with Crippen molar-refractivity contribution in [2.75, 3.05) is 19.6 Å². The number of carbonyl (C=O) groups is 1. The molecule has 1 N–H and O–H groups in total. The highest BCUT2D eigenvalue weighted by Crippen LogP contribution is 2.22. The number of sulfonamides is 1. The lowest BCUT2D eigenvalue weighted by molar-refractivity contribution is 0.0783. The smallest absolute Gasteiger partial charge is 0.259 e. The number of nitrogens with zero attached hydrogens (tertiary/aromatic N) is 1. The maximum Gasteiger partial charge on any atom is 0.259 e. The Morgan fingerprint density at radius 2 is 1.91 bits per heavy atom. The van der Waals surface area contributed by atoms with Crippen LogP contribution in [0.5, 0.6) is 0 Å². The quantitative estimate of drug-likeness (QED) is 0.900. The summed E-state index contributed by atoms with van der Waals surface area (Å²) in [6.07, 6.45) is 0.172. The molecule has 0 saturated carbocycles. The van der Waals surface area contributed by atoms with Crippen molar-refractivity contribution >= 4 is 15.9 Å². The maximum absolute atomic E-state index is 13.6. The van der Waals surface area contributed by atoms with Crippen LogP contribution in [-0.2, 0) is 10.0 Å². The lowest BCUT2D eigenvalue weighted by Crippen LogP contribution is -2.38. The number of likely N-dealkylation sites (tertiary alicyclic amines) is 1. The van der Waals surface area contributed by atoms with Gasteiger partial charge < -0.3 is 4.90 Å². The normalized spacial score (nSPS) is 18.7. The molecule has 9 heteroatoms. The number of hydrogen-bond donors (Lipinski definition) is 1. The van der Waals surface area contributed by atoms with Gasteiger partial charge in [-0.2, -0.15) is 0 Å². The first kappa shape index (κ1) is 16.8. The summed E-state index contributed by atoms with van der Waals surface area (Å²) in [6.45, 7) is 1.74. The van der Waals surface area contributed by atoms with E-state index < -0.39 is 44.2 Å². The van der Waals surface area contributed by atoms with Gasteiger partial charge in [-0.15, -0.1) is 0 Å². The number of hydrogen-bond acceptors (Lipinski definition) is 3. The number of carbonyl (C=O) groups excluding carboxylic acids is 1. The highest BCUT2D eigenvalue weighted by Gasteiger charge is 2.36. The van der Waals surface area contributed by atoms with Gasteiger partial charge in [-0.3, -0.25) is 4.79 Å². The first-order valence-electron chi connectivity index (χ1n) is 6.68. The molecule has 122 valence electrons. The van der Waals surface area contributed by atoms with Crippen molar-refractivity contribution in [3.8, 4) is 0 Å². The summed E-state index contributed by atoms with van der Waals surface area (Å²) < 4.78 is 66.1. The second kappa shape index (κ2) is 6.25. The summed E-state index contributed by atoms with van der Waals surface area (Å²) in [4.78, 5) is 13.2. The second-order valence-electron chi connectivity index (χ2n) is 4.95. The van der Waals surface area contributed by atoms with Crippen LogP contribution in [-0.4, -0.2) is 44.1 Å². The van der Waals surface area contributed by atoms with Gasteiger partial charge in [-0.1, -0.05) is 6.92 Å². The molecule has 1 amide bonds. The van der Waals surface area contributed by atoms with Gasteiger partial charge in [0, 0.05) is 31.8 Å². The van der Waals surface area contributed by atoms with Crippen molar-refractivity contribution < 1.29 is 26.4 Å². The van der Waals surface area contributed by atoms with Crippen molar-refractivity contribution in [1.82, 2.24) is 9.62 Å². The molecule has 1 aliphatic heterocycles. The van der Waals surface area contributed by atoms with Gasteiger partial charge in [-0.25, -0.2) is 26.3 Å². The van der Waals surface area contributed by atoms with E-state index in [0.717, 1.165) is 4.90 Å². The molecule has 0 radical (unpaired) electrons. The lowest BCUT2D eigenvalue weighted by Gasteiger charge is -2.17. The Labute approximate surface area is 126 Å². The molecule has 1 aromatic carbocycles. The fourth-order valence-corrected chi connectivity index (χ4v) is 3.82. The van der Waals surface area contributed by atoms with Crippen molar-refractivity contribution in [3.63, 3.8) is 0 Å². The van der Waals surface area contributed by atoms with Gasteiger partial charge in [0.1, 0.15) is 23.0 Å². The van der Waals surface area contributed by atoms with E-state index in [0.29, 0.717) is 12.1 Å². The van der Waals surface area contributed by atoms with E-state index in [1.165, 1.54) is 0 Å². The van der Waals surface area contributed by atoms with Gasteiger partial charge in [0.15, 0.2) is 0 Å². The molecule has 5 nitrogen and oxygen atoms in total. The Morgan fingerprint density at radius 1 is 1.32 bits per heavy atom. The predicted molar refractivity (Wildman–Crippen MR) is 73.2 cm³/mol. The minimum Gasteiger partial charge on any atom is -0.337 e.